The van der Waals surface area contributed by atoms with Gasteiger partial charge in [0.25, 0.3) is 0 Å². The lowest BCUT2D eigenvalue weighted by Gasteiger charge is -2.26. The van der Waals surface area contributed by atoms with Crippen molar-refractivity contribution in [3.63, 3.8) is 0 Å². The van der Waals surface area contributed by atoms with Crippen LogP contribution in [0.2, 0.25) is 0 Å². The Morgan fingerprint density at radius 2 is 2.18 bits per heavy atom. The first-order valence-corrected chi connectivity index (χ1v) is 8.66. The van der Waals surface area contributed by atoms with Crippen LogP contribution < -0.4 is 0 Å². The van der Waals surface area contributed by atoms with Gasteiger partial charge in [-0.15, -0.1) is 0 Å². The number of fused-ring (bicyclic) bond motifs is 1. The highest BCUT2D eigenvalue weighted by molar-refractivity contribution is 9.10. The van der Waals surface area contributed by atoms with E-state index >= 15 is 0 Å². The third kappa shape index (κ3) is 3.19. The SMILES string of the molecule is CC(OC1CCCCO1)c1nc2cnc(Br)cc2n1C(C)C. The van der Waals surface area contributed by atoms with Gasteiger partial charge < -0.3 is 14.0 Å². The summed E-state index contributed by atoms with van der Waals surface area (Å²) in [6.45, 7) is 7.14. The second kappa shape index (κ2) is 6.64. The van der Waals surface area contributed by atoms with Gasteiger partial charge in [0, 0.05) is 12.6 Å². The molecule has 0 bridgehead atoms. The van der Waals surface area contributed by atoms with Crippen LogP contribution >= 0.6 is 15.9 Å². The zero-order chi connectivity index (χ0) is 15.7. The number of ether oxygens (including phenoxy) is 2. The minimum atomic E-state index is -0.117. The Bertz CT molecular complexity index is 650. The summed E-state index contributed by atoms with van der Waals surface area (Å²) in [4.78, 5) is 9.01. The molecule has 2 aromatic heterocycles. The van der Waals surface area contributed by atoms with Gasteiger partial charge in [0.1, 0.15) is 22.0 Å². The predicted octanol–water partition coefficient (Wildman–Crippen LogP) is 4.38. The summed E-state index contributed by atoms with van der Waals surface area (Å²) in [7, 11) is 0. The second-order valence-electron chi connectivity index (χ2n) is 6.00. The van der Waals surface area contributed by atoms with E-state index in [9.17, 15) is 0 Å². The summed E-state index contributed by atoms with van der Waals surface area (Å²) < 4.78 is 14.8. The molecule has 3 heterocycles. The molecule has 3 rings (SSSR count). The summed E-state index contributed by atoms with van der Waals surface area (Å²) in [5.41, 5.74) is 1.97. The fraction of sp³-hybridized carbons (Fsp3) is 0.625. The molecule has 0 N–H and O–H groups in total. The molecule has 1 aliphatic heterocycles. The van der Waals surface area contributed by atoms with Gasteiger partial charge in [-0.25, -0.2) is 9.97 Å². The predicted molar refractivity (Wildman–Crippen MR) is 88.7 cm³/mol. The van der Waals surface area contributed by atoms with Crippen molar-refractivity contribution in [3.05, 3.63) is 22.7 Å². The monoisotopic (exact) mass is 367 g/mol. The van der Waals surface area contributed by atoms with Gasteiger partial charge in [0.2, 0.25) is 0 Å². The van der Waals surface area contributed by atoms with Gasteiger partial charge in [-0.3, -0.25) is 0 Å². The Hall–Kier alpha value is -0.980. The fourth-order valence-electron chi connectivity index (χ4n) is 2.93. The lowest BCUT2D eigenvalue weighted by Crippen LogP contribution is -2.25. The number of nitrogens with zero attached hydrogens (tertiary/aromatic N) is 3. The molecular weight excluding hydrogens is 346 g/mol. The van der Waals surface area contributed by atoms with E-state index in [0.717, 1.165) is 47.3 Å². The van der Waals surface area contributed by atoms with Crippen LogP contribution in [0.25, 0.3) is 11.0 Å². The molecule has 1 fully saturated rings. The van der Waals surface area contributed by atoms with Gasteiger partial charge in [-0.2, -0.15) is 0 Å². The first-order chi connectivity index (χ1) is 10.6. The van der Waals surface area contributed by atoms with E-state index in [1.54, 1.807) is 6.20 Å². The lowest BCUT2D eigenvalue weighted by atomic mass is 10.2. The molecule has 0 saturated carbocycles. The molecule has 5 nitrogen and oxygen atoms in total. The molecule has 2 atom stereocenters. The number of hydrogen-bond donors (Lipinski definition) is 0. The highest BCUT2D eigenvalue weighted by Gasteiger charge is 2.24. The Morgan fingerprint density at radius 1 is 1.36 bits per heavy atom. The zero-order valence-electron chi connectivity index (χ0n) is 13.3. The zero-order valence-corrected chi connectivity index (χ0v) is 14.8. The molecule has 0 aliphatic carbocycles. The summed E-state index contributed by atoms with van der Waals surface area (Å²) in [6, 6.07) is 2.31. The summed E-state index contributed by atoms with van der Waals surface area (Å²) in [6.07, 6.45) is 4.81. The van der Waals surface area contributed by atoms with Crippen molar-refractivity contribution >= 4 is 27.0 Å². The van der Waals surface area contributed by atoms with Gasteiger partial charge in [0.05, 0.1) is 11.7 Å². The molecule has 0 amide bonds. The van der Waals surface area contributed by atoms with E-state index in [4.69, 9.17) is 14.5 Å². The molecule has 2 aromatic rings. The van der Waals surface area contributed by atoms with Crippen LogP contribution in [0, 0.1) is 0 Å². The topological polar surface area (TPSA) is 49.2 Å². The smallest absolute Gasteiger partial charge is 0.158 e. The minimum Gasteiger partial charge on any atom is -0.353 e. The van der Waals surface area contributed by atoms with Crippen LogP contribution in [0.4, 0.5) is 0 Å². The number of aromatic nitrogens is 3. The molecule has 120 valence electrons. The highest BCUT2D eigenvalue weighted by atomic mass is 79.9. The van der Waals surface area contributed by atoms with Crippen molar-refractivity contribution in [1.29, 1.82) is 0 Å². The molecule has 0 spiro atoms. The Balaban J connectivity index is 1.92. The minimum absolute atomic E-state index is 0.114. The third-order valence-corrected chi connectivity index (χ3v) is 4.38. The van der Waals surface area contributed by atoms with E-state index in [2.05, 4.69) is 39.3 Å². The number of hydrogen-bond acceptors (Lipinski definition) is 4. The molecule has 0 aromatic carbocycles. The maximum atomic E-state index is 6.09. The van der Waals surface area contributed by atoms with Crippen LogP contribution in [0.3, 0.4) is 0 Å². The fourth-order valence-corrected chi connectivity index (χ4v) is 3.25. The van der Waals surface area contributed by atoms with Gasteiger partial charge >= 0.3 is 0 Å². The molecular formula is C16H22BrN3O2. The van der Waals surface area contributed by atoms with Crippen molar-refractivity contribution in [2.24, 2.45) is 0 Å². The van der Waals surface area contributed by atoms with Gasteiger partial charge in [-0.1, -0.05) is 0 Å². The standard InChI is InChI=1S/C16H22BrN3O2/c1-10(2)20-13-8-14(17)18-9-12(13)19-16(20)11(3)22-15-6-4-5-7-21-15/h8-11,15H,4-7H2,1-3H3. The van der Waals surface area contributed by atoms with Crippen LogP contribution in [0.15, 0.2) is 16.9 Å². The molecule has 22 heavy (non-hydrogen) atoms. The molecule has 6 heteroatoms. The quantitative estimate of drug-likeness (QED) is 0.752. The molecule has 1 aliphatic rings. The first-order valence-electron chi connectivity index (χ1n) is 7.86. The third-order valence-electron chi connectivity index (χ3n) is 3.94. The molecule has 1 saturated heterocycles. The van der Waals surface area contributed by atoms with E-state index in [0.29, 0.717) is 6.04 Å². The molecule has 0 radical (unpaired) electrons. The largest absolute Gasteiger partial charge is 0.353 e. The average molecular weight is 368 g/mol. The van der Waals surface area contributed by atoms with Crippen LogP contribution in [-0.4, -0.2) is 27.4 Å². The van der Waals surface area contributed by atoms with Crippen molar-refractivity contribution in [3.8, 4) is 0 Å². The Labute approximate surface area is 139 Å². The van der Waals surface area contributed by atoms with Gasteiger partial charge in [0.15, 0.2) is 6.29 Å². The van der Waals surface area contributed by atoms with Crippen molar-refractivity contribution in [2.75, 3.05) is 6.61 Å². The normalized spacial score (nSPS) is 20.7. The number of halogens is 1. The van der Waals surface area contributed by atoms with Crippen molar-refractivity contribution in [1.82, 2.24) is 14.5 Å². The van der Waals surface area contributed by atoms with E-state index in [1.807, 2.05) is 13.0 Å². The van der Waals surface area contributed by atoms with Crippen LogP contribution in [0.1, 0.15) is 58.0 Å². The summed E-state index contributed by atoms with van der Waals surface area (Å²) in [5, 5.41) is 0. The van der Waals surface area contributed by atoms with Crippen molar-refractivity contribution in [2.45, 2.75) is 58.5 Å². The van der Waals surface area contributed by atoms with E-state index in [-0.39, 0.29) is 12.4 Å². The van der Waals surface area contributed by atoms with Crippen LogP contribution in [-0.2, 0) is 9.47 Å². The highest BCUT2D eigenvalue weighted by Crippen LogP contribution is 2.29. The maximum Gasteiger partial charge on any atom is 0.158 e. The summed E-state index contributed by atoms with van der Waals surface area (Å²) >= 11 is 3.44. The van der Waals surface area contributed by atoms with E-state index in [1.165, 1.54) is 0 Å². The van der Waals surface area contributed by atoms with Crippen LogP contribution in [0.5, 0.6) is 0 Å². The lowest BCUT2D eigenvalue weighted by molar-refractivity contribution is -0.188. The van der Waals surface area contributed by atoms with E-state index < -0.39 is 0 Å². The first kappa shape index (κ1) is 15.9. The van der Waals surface area contributed by atoms with Crippen molar-refractivity contribution < 1.29 is 9.47 Å². The number of pyridine rings is 1. The Kier molecular flexibility index (Phi) is 4.80. The Morgan fingerprint density at radius 3 is 2.86 bits per heavy atom. The average Bonchev–Trinajstić information content (AvgIpc) is 2.87. The maximum absolute atomic E-state index is 6.09. The summed E-state index contributed by atoms with van der Waals surface area (Å²) in [5.74, 6) is 0.930. The van der Waals surface area contributed by atoms with Gasteiger partial charge in [-0.05, 0) is 62.0 Å². The number of rotatable bonds is 4. The second-order valence-corrected chi connectivity index (χ2v) is 6.82. The molecule has 2 unspecified atom stereocenters. The number of imidazole rings is 1.